The van der Waals surface area contributed by atoms with Crippen molar-refractivity contribution in [2.75, 3.05) is 18.4 Å². The Morgan fingerprint density at radius 1 is 1.22 bits per heavy atom. The van der Waals surface area contributed by atoms with Crippen LogP contribution >= 0.6 is 23.2 Å². The first-order valence-electron chi connectivity index (χ1n) is 8.67. The molecule has 0 spiro atoms. The van der Waals surface area contributed by atoms with Gasteiger partial charge in [-0.1, -0.05) is 29.3 Å². The van der Waals surface area contributed by atoms with E-state index in [0.717, 1.165) is 12.8 Å². The van der Waals surface area contributed by atoms with Gasteiger partial charge in [-0.2, -0.15) is 0 Å². The van der Waals surface area contributed by atoms with Gasteiger partial charge in [0.25, 0.3) is 0 Å². The quantitative estimate of drug-likeness (QED) is 0.774. The van der Waals surface area contributed by atoms with E-state index < -0.39 is 0 Å². The SMILES string of the molecule is O=C(Nc1ccccn1)[C@H]1CCCN(C(=O)/C=C/c2cc(Cl)ccc2Cl)C1. The highest BCUT2D eigenvalue weighted by molar-refractivity contribution is 6.34. The Bertz CT molecular complexity index is 856. The van der Waals surface area contributed by atoms with Gasteiger partial charge in [-0.15, -0.1) is 0 Å². The summed E-state index contributed by atoms with van der Waals surface area (Å²) in [6.45, 7) is 1.00. The van der Waals surface area contributed by atoms with E-state index in [4.69, 9.17) is 23.2 Å². The largest absolute Gasteiger partial charge is 0.338 e. The Morgan fingerprint density at radius 3 is 2.85 bits per heavy atom. The fourth-order valence-corrected chi connectivity index (χ4v) is 3.33. The molecule has 0 saturated carbocycles. The highest BCUT2D eigenvalue weighted by Crippen LogP contribution is 2.23. The first kappa shape index (κ1) is 19.4. The molecule has 1 aliphatic heterocycles. The van der Waals surface area contributed by atoms with Crippen molar-refractivity contribution in [3.63, 3.8) is 0 Å². The molecule has 140 valence electrons. The van der Waals surface area contributed by atoms with E-state index in [1.165, 1.54) is 6.08 Å². The second kappa shape index (κ2) is 9.02. The number of pyridine rings is 1. The first-order chi connectivity index (χ1) is 13.0. The lowest BCUT2D eigenvalue weighted by molar-refractivity contribution is -0.130. The Kier molecular flexibility index (Phi) is 6.48. The monoisotopic (exact) mass is 403 g/mol. The van der Waals surface area contributed by atoms with Gasteiger partial charge in [-0.05, 0) is 54.8 Å². The smallest absolute Gasteiger partial charge is 0.246 e. The standard InChI is InChI=1S/C20H19Cl2N3O2/c21-16-7-8-17(22)14(12-16)6-9-19(26)25-11-3-4-15(13-25)20(27)24-18-5-1-2-10-23-18/h1-2,5-10,12,15H,3-4,11,13H2,(H,23,24,27)/b9-6+/t15-/m0/s1. The number of piperidine rings is 1. The number of aromatic nitrogens is 1. The molecular formula is C20H19Cl2N3O2. The van der Waals surface area contributed by atoms with Gasteiger partial charge in [-0.25, -0.2) is 4.98 Å². The molecule has 1 aliphatic rings. The summed E-state index contributed by atoms with van der Waals surface area (Å²) in [6, 6.07) is 10.4. The van der Waals surface area contributed by atoms with Crippen molar-refractivity contribution in [2.24, 2.45) is 5.92 Å². The maximum absolute atomic E-state index is 12.5. The molecule has 1 atom stereocenters. The highest BCUT2D eigenvalue weighted by Gasteiger charge is 2.27. The van der Waals surface area contributed by atoms with Crippen LogP contribution in [0.4, 0.5) is 5.82 Å². The van der Waals surface area contributed by atoms with Crippen LogP contribution in [0.1, 0.15) is 18.4 Å². The number of carbonyl (C=O) groups is 2. The average molecular weight is 404 g/mol. The number of likely N-dealkylation sites (tertiary alicyclic amines) is 1. The minimum Gasteiger partial charge on any atom is -0.338 e. The molecule has 27 heavy (non-hydrogen) atoms. The predicted octanol–water partition coefficient (Wildman–Crippen LogP) is 4.28. The zero-order valence-electron chi connectivity index (χ0n) is 14.6. The fourth-order valence-electron chi connectivity index (χ4n) is 2.97. The van der Waals surface area contributed by atoms with Crippen LogP contribution in [0.5, 0.6) is 0 Å². The van der Waals surface area contributed by atoms with Gasteiger partial charge in [0, 0.05) is 35.4 Å². The molecule has 3 rings (SSSR count). The average Bonchev–Trinajstić information content (AvgIpc) is 2.69. The third-order valence-electron chi connectivity index (χ3n) is 4.38. The van der Waals surface area contributed by atoms with Crippen molar-refractivity contribution < 1.29 is 9.59 Å². The number of hydrogen-bond donors (Lipinski definition) is 1. The molecule has 1 aromatic heterocycles. The molecule has 0 radical (unpaired) electrons. The number of nitrogens with one attached hydrogen (secondary N) is 1. The minimum atomic E-state index is -0.257. The second-order valence-electron chi connectivity index (χ2n) is 6.33. The van der Waals surface area contributed by atoms with Crippen LogP contribution < -0.4 is 5.32 Å². The highest BCUT2D eigenvalue weighted by atomic mass is 35.5. The summed E-state index contributed by atoms with van der Waals surface area (Å²) in [6.07, 6.45) is 6.26. The van der Waals surface area contributed by atoms with E-state index in [9.17, 15) is 9.59 Å². The van der Waals surface area contributed by atoms with Crippen LogP contribution in [-0.4, -0.2) is 34.8 Å². The zero-order valence-corrected chi connectivity index (χ0v) is 16.1. The minimum absolute atomic E-state index is 0.118. The molecule has 1 N–H and O–H groups in total. The Morgan fingerprint density at radius 2 is 2.07 bits per heavy atom. The van der Waals surface area contributed by atoms with Crippen LogP contribution in [0.15, 0.2) is 48.7 Å². The van der Waals surface area contributed by atoms with Crippen LogP contribution in [-0.2, 0) is 9.59 Å². The van der Waals surface area contributed by atoms with E-state index in [1.807, 2.05) is 6.07 Å². The molecular weight excluding hydrogens is 385 g/mol. The maximum atomic E-state index is 12.5. The molecule has 0 aliphatic carbocycles. The number of amides is 2. The van der Waals surface area contributed by atoms with Crippen LogP contribution in [0.25, 0.3) is 6.08 Å². The first-order valence-corrected chi connectivity index (χ1v) is 9.42. The van der Waals surface area contributed by atoms with Crippen molar-refractivity contribution in [2.45, 2.75) is 12.8 Å². The summed E-state index contributed by atoms with van der Waals surface area (Å²) >= 11 is 12.1. The summed E-state index contributed by atoms with van der Waals surface area (Å²) in [4.78, 5) is 30.8. The molecule has 1 saturated heterocycles. The lowest BCUT2D eigenvalue weighted by Crippen LogP contribution is -2.43. The molecule has 1 aromatic carbocycles. The maximum Gasteiger partial charge on any atom is 0.246 e. The third kappa shape index (κ3) is 5.31. The van der Waals surface area contributed by atoms with Crippen LogP contribution in [0.2, 0.25) is 10.0 Å². The van der Waals surface area contributed by atoms with E-state index in [-0.39, 0.29) is 17.7 Å². The normalized spacial score (nSPS) is 17.1. The third-order valence-corrected chi connectivity index (χ3v) is 4.96. The van der Waals surface area contributed by atoms with Crippen molar-refractivity contribution in [1.29, 1.82) is 0 Å². The fraction of sp³-hybridized carbons (Fsp3) is 0.250. The molecule has 5 nitrogen and oxygen atoms in total. The lowest BCUT2D eigenvalue weighted by atomic mass is 9.97. The summed E-state index contributed by atoms with van der Waals surface area (Å²) < 4.78 is 0. The van der Waals surface area contributed by atoms with E-state index in [0.29, 0.717) is 34.5 Å². The molecule has 7 heteroatoms. The molecule has 0 bridgehead atoms. The van der Waals surface area contributed by atoms with Crippen molar-refractivity contribution >= 4 is 46.9 Å². The predicted molar refractivity (Wildman–Crippen MR) is 108 cm³/mol. The van der Waals surface area contributed by atoms with Gasteiger partial charge in [0.05, 0.1) is 5.92 Å². The number of hydrogen-bond acceptors (Lipinski definition) is 3. The van der Waals surface area contributed by atoms with Crippen molar-refractivity contribution in [3.8, 4) is 0 Å². The van der Waals surface area contributed by atoms with Gasteiger partial charge < -0.3 is 10.2 Å². The van der Waals surface area contributed by atoms with Gasteiger partial charge >= 0.3 is 0 Å². The summed E-state index contributed by atoms with van der Waals surface area (Å²) in [5.74, 6) is -0.0104. The van der Waals surface area contributed by atoms with E-state index >= 15 is 0 Å². The summed E-state index contributed by atoms with van der Waals surface area (Å²) in [5, 5.41) is 3.88. The molecule has 1 fully saturated rings. The number of nitrogens with zero attached hydrogens (tertiary/aromatic N) is 2. The van der Waals surface area contributed by atoms with Gasteiger partial charge in [0.2, 0.25) is 11.8 Å². The van der Waals surface area contributed by atoms with Gasteiger partial charge in [0.1, 0.15) is 5.82 Å². The number of benzene rings is 1. The number of rotatable bonds is 4. The summed E-state index contributed by atoms with van der Waals surface area (Å²) in [7, 11) is 0. The topological polar surface area (TPSA) is 62.3 Å². The summed E-state index contributed by atoms with van der Waals surface area (Å²) in [5.41, 5.74) is 0.680. The number of halogens is 2. The number of anilines is 1. The molecule has 2 heterocycles. The molecule has 2 aromatic rings. The van der Waals surface area contributed by atoms with E-state index in [2.05, 4.69) is 10.3 Å². The Hall–Kier alpha value is -2.37. The Balaban J connectivity index is 1.61. The lowest BCUT2D eigenvalue weighted by Gasteiger charge is -2.31. The van der Waals surface area contributed by atoms with Crippen LogP contribution in [0.3, 0.4) is 0 Å². The zero-order chi connectivity index (χ0) is 19.2. The number of carbonyl (C=O) groups excluding carboxylic acids is 2. The second-order valence-corrected chi connectivity index (χ2v) is 7.17. The van der Waals surface area contributed by atoms with E-state index in [1.54, 1.807) is 47.5 Å². The van der Waals surface area contributed by atoms with Crippen molar-refractivity contribution in [3.05, 3.63) is 64.3 Å². The Labute approximate surface area is 168 Å². The molecule has 2 amide bonds. The van der Waals surface area contributed by atoms with Gasteiger partial charge in [-0.3, -0.25) is 9.59 Å². The molecule has 0 unspecified atom stereocenters. The van der Waals surface area contributed by atoms with Crippen molar-refractivity contribution in [1.82, 2.24) is 9.88 Å². The van der Waals surface area contributed by atoms with Gasteiger partial charge in [0.15, 0.2) is 0 Å². The van der Waals surface area contributed by atoms with Crippen LogP contribution in [0, 0.1) is 5.92 Å².